The molecule has 0 aromatic heterocycles. The Morgan fingerprint density at radius 3 is 2.30 bits per heavy atom. The normalized spacial score (nSPS) is 15.1. The van der Waals surface area contributed by atoms with Crippen molar-refractivity contribution in [3.8, 4) is 0 Å². The summed E-state index contributed by atoms with van der Waals surface area (Å²) in [4.78, 5) is 4.57. The van der Waals surface area contributed by atoms with Crippen molar-refractivity contribution in [2.45, 2.75) is 13.2 Å². The van der Waals surface area contributed by atoms with Gasteiger partial charge in [0.05, 0.1) is 6.26 Å². The molecular weight excluding hydrogens is 158 g/mol. The fourth-order valence-corrected chi connectivity index (χ4v) is 0.963. The topological polar surface area (TPSA) is 64.6 Å². The second-order valence-corrected chi connectivity index (χ2v) is 3.29. The van der Waals surface area contributed by atoms with Gasteiger partial charge in [-0.1, -0.05) is 0 Å². The molecule has 0 aromatic carbocycles. The van der Waals surface area contributed by atoms with E-state index in [1.807, 2.05) is 0 Å². The SMILES string of the molecule is CNOC(C)OS(C)(=O)=O. The average molecular weight is 169 g/mol. The highest BCUT2D eigenvalue weighted by Gasteiger charge is 2.08. The molecule has 0 aromatic rings. The number of hydrogen-bond donors (Lipinski definition) is 1. The average Bonchev–Trinajstić information content (AvgIpc) is 1.59. The van der Waals surface area contributed by atoms with Crippen LogP contribution in [0.4, 0.5) is 0 Å². The van der Waals surface area contributed by atoms with Crippen molar-refractivity contribution < 1.29 is 17.4 Å². The van der Waals surface area contributed by atoms with Crippen LogP contribution in [0.25, 0.3) is 0 Å². The van der Waals surface area contributed by atoms with Crippen molar-refractivity contribution in [2.24, 2.45) is 0 Å². The van der Waals surface area contributed by atoms with Crippen LogP contribution in [0.3, 0.4) is 0 Å². The molecule has 6 heteroatoms. The molecule has 0 radical (unpaired) electrons. The first-order valence-corrected chi connectivity index (χ1v) is 4.48. The lowest BCUT2D eigenvalue weighted by atomic mass is 10.8. The van der Waals surface area contributed by atoms with Crippen LogP contribution >= 0.6 is 0 Å². The zero-order valence-corrected chi connectivity index (χ0v) is 6.94. The molecule has 0 aliphatic rings. The molecule has 0 bridgehead atoms. The van der Waals surface area contributed by atoms with Crippen LogP contribution in [-0.4, -0.2) is 28.0 Å². The molecule has 1 N–H and O–H groups in total. The van der Waals surface area contributed by atoms with Crippen molar-refractivity contribution >= 4 is 10.1 Å². The molecule has 0 heterocycles. The van der Waals surface area contributed by atoms with Crippen LogP contribution in [0, 0.1) is 0 Å². The zero-order chi connectivity index (χ0) is 8.20. The molecule has 0 saturated carbocycles. The predicted octanol–water partition coefficient (Wildman–Crippen LogP) is -0.540. The third-order valence-electron chi connectivity index (χ3n) is 0.594. The third kappa shape index (κ3) is 5.96. The lowest BCUT2D eigenvalue weighted by Gasteiger charge is -2.09. The van der Waals surface area contributed by atoms with Crippen LogP contribution in [0.1, 0.15) is 6.92 Å². The molecule has 1 unspecified atom stereocenters. The Labute approximate surface area is 60.4 Å². The van der Waals surface area contributed by atoms with Gasteiger partial charge >= 0.3 is 0 Å². The summed E-state index contributed by atoms with van der Waals surface area (Å²) < 4.78 is 25.1. The highest BCUT2D eigenvalue weighted by atomic mass is 32.2. The van der Waals surface area contributed by atoms with Gasteiger partial charge < -0.3 is 0 Å². The van der Waals surface area contributed by atoms with Crippen LogP contribution in [0.5, 0.6) is 0 Å². The molecule has 0 rings (SSSR count). The highest BCUT2D eigenvalue weighted by Crippen LogP contribution is 1.95. The van der Waals surface area contributed by atoms with Crippen LogP contribution in [0.2, 0.25) is 0 Å². The van der Waals surface area contributed by atoms with E-state index in [0.29, 0.717) is 0 Å². The Balaban J connectivity index is 3.69. The van der Waals surface area contributed by atoms with Gasteiger partial charge in [-0.15, -0.1) is 0 Å². The first kappa shape index (κ1) is 9.83. The first-order valence-electron chi connectivity index (χ1n) is 2.66. The van der Waals surface area contributed by atoms with Gasteiger partial charge in [0.1, 0.15) is 0 Å². The fraction of sp³-hybridized carbons (Fsp3) is 1.00. The molecule has 62 valence electrons. The maximum absolute atomic E-state index is 10.4. The minimum Gasteiger partial charge on any atom is -0.269 e. The van der Waals surface area contributed by atoms with E-state index >= 15 is 0 Å². The second-order valence-electron chi connectivity index (χ2n) is 1.69. The van der Waals surface area contributed by atoms with E-state index in [0.717, 1.165) is 6.26 Å². The van der Waals surface area contributed by atoms with Gasteiger partial charge in [0.25, 0.3) is 10.1 Å². The molecule has 1 atom stereocenters. The van der Waals surface area contributed by atoms with E-state index in [9.17, 15) is 8.42 Å². The van der Waals surface area contributed by atoms with E-state index < -0.39 is 16.4 Å². The number of hydrogen-bond acceptors (Lipinski definition) is 5. The zero-order valence-electron chi connectivity index (χ0n) is 6.12. The maximum atomic E-state index is 10.4. The van der Waals surface area contributed by atoms with Gasteiger partial charge in [0.15, 0.2) is 6.29 Å². The van der Waals surface area contributed by atoms with Gasteiger partial charge in [-0.3, -0.25) is 4.84 Å². The molecule has 0 aliphatic carbocycles. The van der Waals surface area contributed by atoms with Crippen molar-refractivity contribution in [1.82, 2.24) is 5.48 Å². The van der Waals surface area contributed by atoms with Crippen LogP contribution < -0.4 is 5.48 Å². The number of nitrogens with one attached hydrogen (secondary N) is 1. The minimum absolute atomic E-state index is 0.792. The largest absolute Gasteiger partial charge is 0.269 e. The Bertz CT molecular complexity index is 176. The lowest BCUT2D eigenvalue weighted by Crippen LogP contribution is -2.23. The standard InChI is InChI=1S/C4H11NO4S/c1-4(8-5-2)9-10(3,6)7/h4-5H,1-3H3. The van der Waals surface area contributed by atoms with E-state index in [1.54, 1.807) is 0 Å². The van der Waals surface area contributed by atoms with Crippen molar-refractivity contribution in [3.63, 3.8) is 0 Å². The monoisotopic (exact) mass is 169 g/mol. The quantitative estimate of drug-likeness (QED) is 0.348. The third-order valence-corrected chi connectivity index (χ3v) is 1.21. The Hall–Kier alpha value is -0.170. The van der Waals surface area contributed by atoms with Crippen LogP contribution in [-0.2, 0) is 19.1 Å². The van der Waals surface area contributed by atoms with E-state index in [1.165, 1.54) is 14.0 Å². The number of hydroxylamine groups is 1. The first-order chi connectivity index (χ1) is 4.45. The van der Waals surface area contributed by atoms with E-state index in [-0.39, 0.29) is 0 Å². The fourth-order valence-electron chi connectivity index (χ4n) is 0.432. The molecule has 0 saturated heterocycles. The summed E-state index contributed by atoms with van der Waals surface area (Å²) in [5, 5.41) is 0. The smallest absolute Gasteiger partial charge is 0.266 e. The summed E-state index contributed by atoms with van der Waals surface area (Å²) in [6.07, 6.45) is 0.169. The van der Waals surface area contributed by atoms with Crippen molar-refractivity contribution in [2.75, 3.05) is 13.3 Å². The van der Waals surface area contributed by atoms with Gasteiger partial charge in [-0.05, 0) is 6.92 Å². The highest BCUT2D eigenvalue weighted by molar-refractivity contribution is 7.86. The Kier molecular flexibility index (Phi) is 3.80. The van der Waals surface area contributed by atoms with Gasteiger partial charge in [0, 0.05) is 7.05 Å². The van der Waals surface area contributed by atoms with Crippen molar-refractivity contribution in [3.05, 3.63) is 0 Å². The second kappa shape index (κ2) is 3.87. The minimum atomic E-state index is -3.41. The van der Waals surface area contributed by atoms with Crippen molar-refractivity contribution in [1.29, 1.82) is 0 Å². The van der Waals surface area contributed by atoms with Gasteiger partial charge in [-0.2, -0.15) is 8.42 Å². The summed E-state index contributed by atoms with van der Waals surface area (Å²) in [7, 11) is -1.89. The van der Waals surface area contributed by atoms with E-state index in [4.69, 9.17) is 0 Å². The van der Waals surface area contributed by atoms with Gasteiger partial charge in [-0.25, -0.2) is 9.66 Å². The Morgan fingerprint density at radius 2 is 2.00 bits per heavy atom. The van der Waals surface area contributed by atoms with E-state index in [2.05, 4.69) is 14.5 Å². The number of rotatable bonds is 4. The molecule has 0 fully saturated rings. The Morgan fingerprint density at radius 1 is 1.50 bits per heavy atom. The summed E-state index contributed by atoms with van der Waals surface area (Å²) in [5.74, 6) is 0. The molecule has 0 amide bonds. The predicted molar refractivity (Wildman–Crippen MR) is 35.5 cm³/mol. The molecular formula is C4H11NO4S. The lowest BCUT2D eigenvalue weighted by molar-refractivity contribution is -0.107. The summed E-state index contributed by atoms with van der Waals surface area (Å²) in [6, 6.07) is 0. The molecule has 10 heavy (non-hydrogen) atoms. The van der Waals surface area contributed by atoms with Gasteiger partial charge in [0.2, 0.25) is 0 Å². The molecule has 0 aliphatic heterocycles. The maximum Gasteiger partial charge on any atom is 0.266 e. The molecule has 5 nitrogen and oxygen atoms in total. The van der Waals surface area contributed by atoms with Crippen LogP contribution in [0.15, 0.2) is 0 Å². The summed E-state index contributed by atoms with van der Waals surface area (Å²) >= 11 is 0. The molecule has 0 spiro atoms. The summed E-state index contributed by atoms with van der Waals surface area (Å²) in [6.45, 7) is 1.47. The summed E-state index contributed by atoms with van der Waals surface area (Å²) in [5.41, 5.74) is 2.30.